The molecule has 1 heteroatoms. The van der Waals surface area contributed by atoms with E-state index in [1.54, 1.807) is 0 Å². The van der Waals surface area contributed by atoms with Crippen LogP contribution in [0.15, 0.2) is 0 Å². The van der Waals surface area contributed by atoms with Crippen LogP contribution >= 0.6 is 0 Å². The average Bonchev–Trinajstić information content (AvgIpc) is 2.14. The van der Waals surface area contributed by atoms with E-state index in [4.69, 9.17) is 0 Å². The standard InChI is InChI=1S/C7H13.Np/c1-2-7-5-3-4-6-7;/h7H,1-6H2;/q-1;. The Hall–Kier alpha value is 1.01. The fourth-order valence-electron chi connectivity index (χ4n) is 1.30. The van der Waals surface area contributed by atoms with E-state index in [-0.39, 0.29) is 29.9 Å². The average molecular weight is 334 g/mol. The smallest absolute Gasteiger partial charge is 0 e. The first kappa shape index (κ1) is 9.01. The third kappa shape index (κ3) is 2.53. The molecule has 1 radical (unpaired) electrons. The van der Waals surface area contributed by atoms with Crippen LogP contribution in [0, 0.1) is 42.8 Å². The molecule has 8 heavy (non-hydrogen) atoms. The van der Waals surface area contributed by atoms with E-state index in [1.165, 1.54) is 32.1 Å². The van der Waals surface area contributed by atoms with Crippen molar-refractivity contribution in [2.45, 2.75) is 32.1 Å². The van der Waals surface area contributed by atoms with Gasteiger partial charge in [0.15, 0.2) is 0 Å². The molecule has 0 aromatic carbocycles. The minimum absolute atomic E-state index is 0. The van der Waals surface area contributed by atoms with Gasteiger partial charge >= 0.3 is 0 Å². The third-order valence-corrected chi connectivity index (χ3v) is 1.88. The van der Waals surface area contributed by atoms with Crippen molar-refractivity contribution in [2.24, 2.45) is 5.92 Å². The molecule has 0 aliphatic heterocycles. The minimum Gasteiger partial charge on any atom is -0.343 e. The predicted molar refractivity (Wildman–Crippen MR) is 31.9 cm³/mol. The predicted octanol–water partition coefficient (Wildman–Crippen LogP) is 2.40. The van der Waals surface area contributed by atoms with Gasteiger partial charge in [-0.3, -0.25) is 0 Å². The zero-order valence-corrected chi connectivity index (χ0v) is 8.99. The fourth-order valence-corrected chi connectivity index (χ4v) is 1.30. The summed E-state index contributed by atoms with van der Waals surface area (Å²) in [6.45, 7) is 3.87. The second kappa shape index (κ2) is 4.85. The second-order valence-electron chi connectivity index (χ2n) is 2.44. The summed E-state index contributed by atoms with van der Waals surface area (Å²) in [6, 6.07) is 0. The largest absolute Gasteiger partial charge is 0.343 e. The van der Waals surface area contributed by atoms with Crippen LogP contribution < -0.4 is 0 Å². The summed E-state index contributed by atoms with van der Waals surface area (Å²) in [5.41, 5.74) is 0. The van der Waals surface area contributed by atoms with Gasteiger partial charge in [-0.2, -0.15) is 6.42 Å². The molecule has 0 heterocycles. The number of rotatable bonds is 1. The molecule has 0 nitrogen and oxygen atoms in total. The second-order valence-corrected chi connectivity index (χ2v) is 2.44. The minimum atomic E-state index is 0. The quantitative estimate of drug-likeness (QED) is 0.646. The van der Waals surface area contributed by atoms with Crippen LogP contribution in [-0.4, -0.2) is 0 Å². The van der Waals surface area contributed by atoms with Gasteiger partial charge in [-0.15, -0.1) is 0 Å². The Kier molecular flexibility index (Phi) is 5.47. The molecule has 0 spiro atoms. The number of hydrogen-bond acceptors (Lipinski definition) is 0. The van der Waals surface area contributed by atoms with Gasteiger partial charge in [-0.05, 0) is 0 Å². The molecule has 1 aliphatic carbocycles. The van der Waals surface area contributed by atoms with Crippen molar-refractivity contribution in [3.63, 3.8) is 0 Å². The van der Waals surface area contributed by atoms with E-state index >= 15 is 0 Å². The molecule has 0 unspecified atom stereocenters. The van der Waals surface area contributed by atoms with E-state index < -0.39 is 0 Å². The Morgan fingerprint density at radius 2 is 1.75 bits per heavy atom. The van der Waals surface area contributed by atoms with Crippen molar-refractivity contribution in [3.8, 4) is 0 Å². The molecule has 1 saturated carbocycles. The Morgan fingerprint density at radius 3 is 2.00 bits per heavy atom. The van der Waals surface area contributed by atoms with E-state index in [1.807, 2.05) is 0 Å². The van der Waals surface area contributed by atoms with Crippen molar-refractivity contribution in [3.05, 3.63) is 6.92 Å². The maximum Gasteiger partial charge on any atom is 0 e. The molecule has 1 fully saturated rings. The van der Waals surface area contributed by atoms with Crippen molar-refractivity contribution < 1.29 is 29.9 Å². The summed E-state index contributed by atoms with van der Waals surface area (Å²) in [5, 5.41) is 0. The Labute approximate surface area is 74.7 Å². The van der Waals surface area contributed by atoms with Crippen molar-refractivity contribution in [1.29, 1.82) is 0 Å². The summed E-state index contributed by atoms with van der Waals surface area (Å²) < 4.78 is 0. The summed E-state index contributed by atoms with van der Waals surface area (Å²) in [4.78, 5) is 0. The molecular weight excluding hydrogens is 321 g/mol. The molecule has 47 valence electrons. The third-order valence-electron chi connectivity index (χ3n) is 1.88. The summed E-state index contributed by atoms with van der Waals surface area (Å²) in [6.07, 6.45) is 6.98. The van der Waals surface area contributed by atoms with Crippen LogP contribution in [0.4, 0.5) is 0 Å². The van der Waals surface area contributed by atoms with E-state index in [0.29, 0.717) is 0 Å². The molecule has 0 amide bonds. The topological polar surface area (TPSA) is 0 Å². The molecule has 0 aromatic rings. The molecule has 0 atom stereocenters. The SMILES string of the molecule is [CH2-]CC1CCCC1.[Np]. The fraction of sp³-hybridized carbons (Fsp3) is 0.857. The maximum absolute atomic E-state index is 3.87. The molecule has 1 aliphatic rings. The molecule has 0 aromatic heterocycles. The van der Waals surface area contributed by atoms with Gasteiger partial charge in [-0.25, -0.2) is 0 Å². The first-order valence-electron chi connectivity index (χ1n) is 3.22. The van der Waals surface area contributed by atoms with Gasteiger partial charge in [0.05, 0.1) is 0 Å². The molecule has 0 saturated heterocycles. The van der Waals surface area contributed by atoms with Gasteiger partial charge in [0.2, 0.25) is 0 Å². The number of hydrogen-bond donors (Lipinski definition) is 0. The summed E-state index contributed by atoms with van der Waals surface area (Å²) in [7, 11) is 0. The van der Waals surface area contributed by atoms with Crippen LogP contribution in [0.5, 0.6) is 0 Å². The maximum atomic E-state index is 3.87. The van der Waals surface area contributed by atoms with E-state index in [0.717, 1.165) is 5.92 Å². The van der Waals surface area contributed by atoms with Crippen LogP contribution in [-0.2, 0) is 0 Å². The zero-order chi connectivity index (χ0) is 5.11. The van der Waals surface area contributed by atoms with Crippen molar-refractivity contribution in [1.82, 2.24) is 0 Å². The Morgan fingerprint density at radius 1 is 1.25 bits per heavy atom. The first-order valence-corrected chi connectivity index (χ1v) is 3.22. The Balaban J connectivity index is 0.000000490. The molecule has 0 N–H and O–H groups in total. The molecule has 1 rings (SSSR count). The first-order chi connectivity index (χ1) is 3.43. The Bertz CT molecular complexity index is 46.3. The van der Waals surface area contributed by atoms with E-state index in [9.17, 15) is 0 Å². The van der Waals surface area contributed by atoms with Crippen LogP contribution in [0.2, 0.25) is 0 Å². The van der Waals surface area contributed by atoms with Crippen molar-refractivity contribution in [2.75, 3.05) is 0 Å². The van der Waals surface area contributed by atoms with Crippen molar-refractivity contribution >= 4 is 0 Å². The van der Waals surface area contributed by atoms with Gasteiger partial charge in [0.25, 0.3) is 0 Å². The molecular formula is C7H13Np-. The van der Waals surface area contributed by atoms with Crippen LogP contribution in [0.25, 0.3) is 0 Å². The van der Waals surface area contributed by atoms with Gasteiger partial charge < -0.3 is 6.92 Å². The van der Waals surface area contributed by atoms with Crippen LogP contribution in [0.1, 0.15) is 32.1 Å². The summed E-state index contributed by atoms with van der Waals surface area (Å²) in [5.74, 6) is 0.986. The van der Waals surface area contributed by atoms with Gasteiger partial charge in [0.1, 0.15) is 0 Å². The normalized spacial score (nSPS) is 20.6. The zero-order valence-electron chi connectivity index (χ0n) is 5.27. The van der Waals surface area contributed by atoms with E-state index in [2.05, 4.69) is 6.92 Å². The monoisotopic (exact) mass is 333 g/mol. The molecule has 0 bridgehead atoms. The van der Waals surface area contributed by atoms with Gasteiger partial charge in [0, 0.05) is 29.9 Å². The summed E-state index contributed by atoms with van der Waals surface area (Å²) >= 11 is 0. The van der Waals surface area contributed by atoms with Gasteiger partial charge in [-0.1, -0.05) is 31.6 Å². The van der Waals surface area contributed by atoms with Crippen LogP contribution in [0.3, 0.4) is 0 Å².